The highest BCUT2D eigenvalue weighted by atomic mass is 16.5. The van der Waals surface area contributed by atoms with Gasteiger partial charge in [-0.3, -0.25) is 9.38 Å². The molecule has 0 radical (unpaired) electrons. The zero-order valence-electron chi connectivity index (χ0n) is 17.8. The van der Waals surface area contributed by atoms with E-state index in [4.69, 9.17) is 9.72 Å². The molecule has 0 unspecified atom stereocenters. The smallest absolute Gasteiger partial charge is 0.160 e. The number of imidazole rings is 1. The van der Waals surface area contributed by atoms with Gasteiger partial charge >= 0.3 is 0 Å². The van der Waals surface area contributed by atoms with Crippen molar-refractivity contribution >= 4 is 11.5 Å². The number of methoxy groups -OCH3 is 1. The lowest BCUT2D eigenvalue weighted by Crippen LogP contribution is -2.10. The molecule has 3 heterocycles. The average molecular weight is 403 g/mol. The van der Waals surface area contributed by atoms with Gasteiger partial charge in [0.1, 0.15) is 5.82 Å². The highest BCUT2D eigenvalue weighted by Crippen LogP contribution is 2.36. The van der Waals surface area contributed by atoms with Crippen molar-refractivity contribution in [2.45, 2.75) is 19.8 Å². The molecule has 0 aliphatic rings. The number of aromatic nitrogens is 4. The van der Waals surface area contributed by atoms with E-state index in [0.717, 1.165) is 39.7 Å². The molecule has 0 amide bonds. The Labute approximate surface area is 175 Å². The molecular formula is C23H25N5O2. The van der Waals surface area contributed by atoms with Gasteiger partial charge in [0.25, 0.3) is 0 Å². The number of benzene rings is 1. The number of phenolic OH excluding ortho intramolecular Hbond substituents is 1. The van der Waals surface area contributed by atoms with Crippen molar-refractivity contribution in [3.8, 4) is 34.0 Å². The van der Waals surface area contributed by atoms with Gasteiger partial charge in [0, 0.05) is 37.6 Å². The lowest BCUT2D eigenvalue weighted by atomic mass is 10.0. The van der Waals surface area contributed by atoms with Crippen LogP contribution in [-0.4, -0.2) is 45.7 Å². The Morgan fingerprint density at radius 2 is 1.87 bits per heavy atom. The maximum absolute atomic E-state index is 10.3. The van der Waals surface area contributed by atoms with Crippen LogP contribution in [0.3, 0.4) is 0 Å². The summed E-state index contributed by atoms with van der Waals surface area (Å²) in [5.41, 5.74) is 5.30. The van der Waals surface area contributed by atoms with Crippen LogP contribution in [0.1, 0.15) is 25.5 Å². The topological polar surface area (TPSA) is 75.8 Å². The first kappa shape index (κ1) is 19.7. The van der Waals surface area contributed by atoms with Crippen LogP contribution in [0, 0.1) is 0 Å². The van der Waals surface area contributed by atoms with Crippen molar-refractivity contribution in [1.82, 2.24) is 19.4 Å². The molecule has 4 rings (SSSR count). The molecule has 1 N–H and O–H groups in total. The molecule has 7 nitrogen and oxygen atoms in total. The number of aromatic hydroxyl groups is 1. The molecular weight excluding hydrogens is 378 g/mol. The highest BCUT2D eigenvalue weighted by molar-refractivity contribution is 5.72. The minimum Gasteiger partial charge on any atom is -0.504 e. The summed E-state index contributed by atoms with van der Waals surface area (Å²) in [6, 6.07) is 9.37. The number of fused-ring (bicyclic) bond motifs is 1. The number of rotatable bonds is 5. The van der Waals surface area contributed by atoms with Gasteiger partial charge in [-0.25, -0.2) is 9.97 Å². The van der Waals surface area contributed by atoms with Crippen molar-refractivity contribution in [2.24, 2.45) is 0 Å². The molecule has 7 heteroatoms. The molecule has 0 aliphatic heterocycles. The molecule has 1 aromatic carbocycles. The van der Waals surface area contributed by atoms with E-state index in [0.29, 0.717) is 5.75 Å². The quantitative estimate of drug-likeness (QED) is 0.534. The van der Waals surface area contributed by atoms with Gasteiger partial charge in [-0.05, 0) is 36.2 Å². The van der Waals surface area contributed by atoms with E-state index in [1.54, 1.807) is 24.5 Å². The third-order valence-electron chi connectivity index (χ3n) is 5.03. The monoisotopic (exact) mass is 403 g/mol. The summed E-state index contributed by atoms with van der Waals surface area (Å²) in [5, 5.41) is 10.3. The number of anilines is 1. The third kappa shape index (κ3) is 3.43. The molecule has 0 bridgehead atoms. The van der Waals surface area contributed by atoms with Gasteiger partial charge in [-0.1, -0.05) is 13.8 Å². The number of ether oxygens (including phenoxy) is 1. The first-order valence-electron chi connectivity index (χ1n) is 9.78. The fourth-order valence-electron chi connectivity index (χ4n) is 3.47. The summed E-state index contributed by atoms with van der Waals surface area (Å²) < 4.78 is 7.23. The van der Waals surface area contributed by atoms with Crippen molar-refractivity contribution < 1.29 is 9.84 Å². The first-order valence-corrected chi connectivity index (χ1v) is 9.78. The maximum atomic E-state index is 10.3. The highest BCUT2D eigenvalue weighted by Gasteiger charge is 2.19. The first-order chi connectivity index (χ1) is 14.4. The number of pyridine rings is 1. The minimum atomic E-state index is 0.0960. The number of hydrogen-bond donors (Lipinski definition) is 1. The van der Waals surface area contributed by atoms with Crippen LogP contribution < -0.4 is 9.64 Å². The Kier molecular flexibility index (Phi) is 5.03. The van der Waals surface area contributed by atoms with Gasteiger partial charge in [-0.2, -0.15) is 0 Å². The summed E-state index contributed by atoms with van der Waals surface area (Å²) in [4.78, 5) is 15.8. The molecule has 30 heavy (non-hydrogen) atoms. The normalized spacial score (nSPS) is 11.3. The predicted molar refractivity (Wildman–Crippen MR) is 118 cm³/mol. The molecule has 154 valence electrons. The van der Waals surface area contributed by atoms with Crippen LogP contribution in [-0.2, 0) is 0 Å². The Balaban J connectivity index is 1.93. The second-order valence-corrected chi connectivity index (χ2v) is 7.68. The lowest BCUT2D eigenvalue weighted by molar-refractivity contribution is 0.373. The van der Waals surface area contributed by atoms with E-state index < -0.39 is 0 Å². The number of phenols is 1. The van der Waals surface area contributed by atoms with Crippen molar-refractivity contribution in [3.63, 3.8) is 0 Å². The third-order valence-corrected chi connectivity index (χ3v) is 5.03. The van der Waals surface area contributed by atoms with E-state index in [9.17, 15) is 5.11 Å². The summed E-state index contributed by atoms with van der Waals surface area (Å²) in [5.74, 6) is 1.60. The number of hydrogen-bond acceptors (Lipinski definition) is 6. The Hall–Kier alpha value is -3.61. The summed E-state index contributed by atoms with van der Waals surface area (Å²) in [6.07, 6.45) is 5.55. The van der Waals surface area contributed by atoms with Crippen LogP contribution >= 0.6 is 0 Å². The summed E-state index contributed by atoms with van der Waals surface area (Å²) in [6.45, 7) is 4.21. The standard InChI is InChI=1S/C23H25N5O2/c1-14(2)22-23(16-6-7-19(30-5)18(29)10-16)28-13-17(25-12-21(28)26-22)15-8-9-24-20(11-15)27(3)4/h6-14,29H,1-5H3. The van der Waals surface area contributed by atoms with Crippen LogP contribution in [0.15, 0.2) is 48.9 Å². The largest absolute Gasteiger partial charge is 0.504 e. The SMILES string of the molecule is COc1ccc(-c2c(C(C)C)nc3cnc(-c4ccnc(N(C)C)c4)cn23)cc1O. The summed E-state index contributed by atoms with van der Waals surface area (Å²) >= 11 is 0. The zero-order valence-corrected chi connectivity index (χ0v) is 17.8. The zero-order chi connectivity index (χ0) is 21.4. The van der Waals surface area contributed by atoms with Gasteiger partial charge < -0.3 is 14.7 Å². The molecule has 0 aliphatic carbocycles. The van der Waals surface area contributed by atoms with Crippen LogP contribution in [0.2, 0.25) is 0 Å². The van der Waals surface area contributed by atoms with Gasteiger partial charge in [0.05, 0.1) is 30.4 Å². The van der Waals surface area contributed by atoms with E-state index in [1.807, 2.05) is 47.8 Å². The molecule has 0 spiro atoms. The van der Waals surface area contributed by atoms with E-state index in [-0.39, 0.29) is 11.7 Å². The lowest BCUT2D eigenvalue weighted by Gasteiger charge is -2.13. The molecule has 0 atom stereocenters. The second-order valence-electron chi connectivity index (χ2n) is 7.68. The van der Waals surface area contributed by atoms with Crippen LogP contribution in [0.25, 0.3) is 28.2 Å². The Morgan fingerprint density at radius 1 is 1.07 bits per heavy atom. The van der Waals surface area contributed by atoms with Crippen molar-refractivity contribution in [3.05, 3.63) is 54.6 Å². The van der Waals surface area contributed by atoms with Crippen LogP contribution in [0.5, 0.6) is 11.5 Å². The molecule has 0 fully saturated rings. The predicted octanol–water partition coefficient (Wildman–Crippen LogP) is 4.36. The minimum absolute atomic E-state index is 0.0960. The molecule has 0 saturated heterocycles. The van der Waals surface area contributed by atoms with E-state index in [1.165, 1.54) is 7.11 Å². The van der Waals surface area contributed by atoms with Crippen LogP contribution in [0.4, 0.5) is 5.82 Å². The fraction of sp³-hybridized carbons (Fsp3) is 0.261. The Bertz CT molecular complexity index is 1210. The van der Waals surface area contributed by atoms with Gasteiger partial charge in [0.2, 0.25) is 0 Å². The average Bonchev–Trinajstić information content (AvgIpc) is 3.13. The number of nitrogens with zero attached hydrogens (tertiary/aromatic N) is 5. The second kappa shape index (κ2) is 7.67. The molecule has 3 aromatic heterocycles. The Morgan fingerprint density at radius 3 is 2.53 bits per heavy atom. The summed E-state index contributed by atoms with van der Waals surface area (Å²) in [7, 11) is 5.46. The van der Waals surface area contributed by atoms with E-state index in [2.05, 4.69) is 23.8 Å². The van der Waals surface area contributed by atoms with Gasteiger partial charge in [0.15, 0.2) is 17.1 Å². The van der Waals surface area contributed by atoms with Gasteiger partial charge in [-0.15, -0.1) is 0 Å². The maximum Gasteiger partial charge on any atom is 0.160 e. The van der Waals surface area contributed by atoms with Crippen molar-refractivity contribution in [2.75, 3.05) is 26.1 Å². The molecule has 0 saturated carbocycles. The van der Waals surface area contributed by atoms with Crippen molar-refractivity contribution in [1.29, 1.82) is 0 Å². The molecule has 4 aromatic rings. The van der Waals surface area contributed by atoms with E-state index >= 15 is 0 Å². The fourth-order valence-corrected chi connectivity index (χ4v) is 3.47.